The van der Waals surface area contributed by atoms with Gasteiger partial charge in [-0.05, 0) is 32.1 Å². The van der Waals surface area contributed by atoms with Crippen LogP contribution in [0, 0.1) is 0 Å². The molecular formula is C13H20F3NO2. The number of hydrogen-bond donors (Lipinski definition) is 1. The Hall–Kier alpha value is -1.04. The molecular weight excluding hydrogens is 259 g/mol. The van der Waals surface area contributed by atoms with E-state index in [0.29, 0.717) is 6.54 Å². The van der Waals surface area contributed by atoms with Crippen LogP contribution in [0.4, 0.5) is 13.2 Å². The first kappa shape index (κ1) is 16.0. The summed E-state index contributed by atoms with van der Waals surface area (Å²) >= 11 is 0. The van der Waals surface area contributed by atoms with Crippen LogP contribution in [0.25, 0.3) is 0 Å². The topological polar surface area (TPSA) is 38.3 Å². The third kappa shape index (κ3) is 8.64. The average Bonchev–Trinajstić information content (AvgIpc) is 2.35. The quantitative estimate of drug-likeness (QED) is 0.575. The zero-order chi connectivity index (χ0) is 14.1. The molecule has 1 N–H and O–H groups in total. The monoisotopic (exact) mass is 279 g/mol. The van der Waals surface area contributed by atoms with Crippen molar-refractivity contribution in [1.29, 1.82) is 0 Å². The van der Waals surface area contributed by atoms with Gasteiger partial charge in [-0.2, -0.15) is 13.2 Å². The SMILES string of the molecule is O=C(CCOCC(F)(F)F)NCCC1=CCCCC1. The summed E-state index contributed by atoms with van der Waals surface area (Å²) in [6, 6.07) is 0. The lowest BCUT2D eigenvalue weighted by Gasteiger charge is -2.13. The normalized spacial score (nSPS) is 16.1. The van der Waals surface area contributed by atoms with E-state index in [-0.39, 0.29) is 18.9 Å². The number of rotatable bonds is 7. The highest BCUT2D eigenvalue weighted by Crippen LogP contribution is 2.19. The predicted octanol–water partition coefficient (Wildman–Crippen LogP) is 2.96. The minimum atomic E-state index is -4.33. The summed E-state index contributed by atoms with van der Waals surface area (Å²) in [6.07, 6.45) is 3.30. The van der Waals surface area contributed by atoms with Crippen molar-refractivity contribution in [1.82, 2.24) is 5.32 Å². The van der Waals surface area contributed by atoms with E-state index < -0.39 is 12.8 Å². The van der Waals surface area contributed by atoms with Crippen LogP contribution in [0.5, 0.6) is 0 Å². The molecule has 0 aromatic carbocycles. The van der Waals surface area contributed by atoms with Crippen LogP contribution in [0.1, 0.15) is 38.5 Å². The second-order valence-electron chi connectivity index (χ2n) is 4.63. The molecule has 1 amide bonds. The molecule has 0 fully saturated rings. The van der Waals surface area contributed by atoms with E-state index in [1.165, 1.54) is 18.4 Å². The molecule has 110 valence electrons. The Kier molecular flexibility index (Phi) is 6.91. The van der Waals surface area contributed by atoms with Crippen LogP contribution in [0.3, 0.4) is 0 Å². The fraction of sp³-hybridized carbons (Fsp3) is 0.769. The smallest absolute Gasteiger partial charge is 0.372 e. The number of carbonyl (C=O) groups excluding carboxylic acids is 1. The van der Waals surface area contributed by atoms with Crippen LogP contribution < -0.4 is 5.32 Å². The lowest BCUT2D eigenvalue weighted by molar-refractivity contribution is -0.174. The van der Waals surface area contributed by atoms with Gasteiger partial charge in [0, 0.05) is 13.0 Å². The van der Waals surface area contributed by atoms with Crippen LogP contribution in [0.15, 0.2) is 11.6 Å². The summed E-state index contributed by atoms with van der Waals surface area (Å²) < 4.78 is 39.6. The van der Waals surface area contributed by atoms with Crippen molar-refractivity contribution >= 4 is 5.91 Å². The predicted molar refractivity (Wildman–Crippen MR) is 65.7 cm³/mol. The minimum absolute atomic E-state index is 0.0326. The minimum Gasteiger partial charge on any atom is -0.372 e. The van der Waals surface area contributed by atoms with Crippen molar-refractivity contribution in [2.24, 2.45) is 0 Å². The molecule has 1 aliphatic carbocycles. The fourth-order valence-corrected chi connectivity index (χ4v) is 1.94. The Labute approximate surface area is 111 Å². The van der Waals surface area contributed by atoms with Crippen molar-refractivity contribution in [3.8, 4) is 0 Å². The molecule has 0 bridgehead atoms. The summed E-state index contributed by atoms with van der Waals surface area (Å²) in [6.45, 7) is -0.953. The van der Waals surface area contributed by atoms with Crippen LogP contribution in [-0.4, -0.2) is 31.8 Å². The lowest BCUT2D eigenvalue weighted by Crippen LogP contribution is -2.26. The maximum absolute atomic E-state index is 11.8. The first-order valence-corrected chi connectivity index (χ1v) is 6.56. The molecule has 6 heteroatoms. The number of carbonyl (C=O) groups is 1. The molecule has 0 aliphatic heterocycles. The zero-order valence-corrected chi connectivity index (χ0v) is 10.9. The highest BCUT2D eigenvalue weighted by molar-refractivity contribution is 5.75. The molecule has 0 radical (unpaired) electrons. The highest BCUT2D eigenvalue weighted by atomic mass is 19.4. The summed E-state index contributed by atoms with van der Waals surface area (Å²) in [4.78, 5) is 11.3. The van der Waals surface area contributed by atoms with Gasteiger partial charge in [0.1, 0.15) is 6.61 Å². The van der Waals surface area contributed by atoms with Gasteiger partial charge in [-0.15, -0.1) is 0 Å². The Morgan fingerprint density at radius 1 is 1.37 bits per heavy atom. The molecule has 0 saturated carbocycles. The maximum atomic E-state index is 11.8. The van der Waals surface area contributed by atoms with E-state index in [9.17, 15) is 18.0 Å². The largest absolute Gasteiger partial charge is 0.411 e. The van der Waals surface area contributed by atoms with Crippen molar-refractivity contribution in [3.63, 3.8) is 0 Å². The summed E-state index contributed by atoms with van der Waals surface area (Å²) in [5.74, 6) is -0.265. The van der Waals surface area contributed by atoms with E-state index in [1.54, 1.807) is 0 Å². The van der Waals surface area contributed by atoms with E-state index in [0.717, 1.165) is 19.3 Å². The molecule has 0 saturated heterocycles. The number of hydrogen-bond acceptors (Lipinski definition) is 2. The van der Waals surface area contributed by atoms with Gasteiger partial charge in [0.05, 0.1) is 6.61 Å². The van der Waals surface area contributed by atoms with Crippen molar-refractivity contribution < 1.29 is 22.7 Å². The van der Waals surface area contributed by atoms with Crippen LogP contribution in [-0.2, 0) is 9.53 Å². The second-order valence-corrected chi connectivity index (χ2v) is 4.63. The van der Waals surface area contributed by atoms with Gasteiger partial charge in [-0.25, -0.2) is 0 Å². The first-order chi connectivity index (χ1) is 8.97. The molecule has 1 rings (SSSR count). The average molecular weight is 279 g/mol. The molecule has 0 aromatic rings. The molecule has 19 heavy (non-hydrogen) atoms. The van der Waals surface area contributed by atoms with Crippen LogP contribution in [0.2, 0.25) is 0 Å². The van der Waals surface area contributed by atoms with Gasteiger partial charge >= 0.3 is 6.18 Å². The maximum Gasteiger partial charge on any atom is 0.411 e. The van der Waals surface area contributed by atoms with Gasteiger partial charge in [0.25, 0.3) is 0 Å². The Bertz CT molecular complexity index is 314. The highest BCUT2D eigenvalue weighted by Gasteiger charge is 2.27. The van der Waals surface area contributed by atoms with Crippen molar-refractivity contribution in [2.45, 2.75) is 44.7 Å². The number of amides is 1. The third-order valence-corrected chi connectivity index (χ3v) is 2.89. The molecule has 3 nitrogen and oxygen atoms in total. The standard InChI is InChI=1S/C13H20F3NO2/c14-13(15,16)10-19-9-7-12(18)17-8-6-11-4-2-1-3-5-11/h4H,1-3,5-10H2,(H,17,18). The van der Waals surface area contributed by atoms with Crippen molar-refractivity contribution in [3.05, 3.63) is 11.6 Å². The fourth-order valence-electron chi connectivity index (χ4n) is 1.94. The molecule has 0 spiro atoms. The lowest BCUT2D eigenvalue weighted by atomic mass is 9.97. The van der Waals surface area contributed by atoms with Crippen LogP contribution >= 0.6 is 0 Å². The Morgan fingerprint density at radius 2 is 2.16 bits per heavy atom. The summed E-state index contributed by atoms with van der Waals surface area (Å²) in [5.41, 5.74) is 1.36. The third-order valence-electron chi connectivity index (χ3n) is 2.89. The van der Waals surface area contributed by atoms with Gasteiger partial charge in [-0.3, -0.25) is 4.79 Å². The first-order valence-electron chi connectivity index (χ1n) is 6.56. The summed E-state index contributed by atoms with van der Waals surface area (Å²) in [7, 11) is 0. The second kappa shape index (κ2) is 8.19. The van der Waals surface area contributed by atoms with E-state index >= 15 is 0 Å². The van der Waals surface area contributed by atoms with Gasteiger partial charge in [0.2, 0.25) is 5.91 Å². The number of ether oxygens (including phenoxy) is 1. The van der Waals surface area contributed by atoms with E-state index in [4.69, 9.17) is 0 Å². The number of halogens is 3. The number of alkyl halides is 3. The molecule has 1 aliphatic rings. The Balaban J connectivity index is 2.00. The van der Waals surface area contributed by atoms with Gasteiger partial charge in [0.15, 0.2) is 0 Å². The number of allylic oxidation sites excluding steroid dienone is 1. The molecule has 0 unspecified atom stereocenters. The number of nitrogens with one attached hydrogen (secondary N) is 1. The van der Waals surface area contributed by atoms with Crippen molar-refractivity contribution in [2.75, 3.05) is 19.8 Å². The van der Waals surface area contributed by atoms with E-state index in [2.05, 4.69) is 16.1 Å². The molecule has 0 heterocycles. The van der Waals surface area contributed by atoms with Gasteiger partial charge in [-0.1, -0.05) is 11.6 Å². The van der Waals surface area contributed by atoms with Gasteiger partial charge < -0.3 is 10.1 Å². The zero-order valence-electron chi connectivity index (χ0n) is 10.9. The summed E-state index contributed by atoms with van der Waals surface area (Å²) in [5, 5.41) is 2.69. The molecule has 0 aromatic heterocycles. The van der Waals surface area contributed by atoms with E-state index in [1.807, 2.05) is 0 Å². The Morgan fingerprint density at radius 3 is 2.79 bits per heavy atom. The molecule has 0 atom stereocenters.